The van der Waals surface area contributed by atoms with Crippen LogP contribution in [0.5, 0.6) is 0 Å². The predicted molar refractivity (Wildman–Crippen MR) is 24.4 cm³/mol. The van der Waals surface area contributed by atoms with E-state index in [1.165, 1.54) is 6.26 Å². The fourth-order valence-electron chi connectivity index (χ4n) is 0.343. The van der Waals surface area contributed by atoms with E-state index in [9.17, 15) is 0 Å². The lowest BCUT2D eigenvalue weighted by Crippen LogP contribution is -1.94. The third kappa shape index (κ3) is 0.778. The quantitative estimate of drug-likeness (QED) is 0.543. The van der Waals surface area contributed by atoms with E-state index in [1.807, 2.05) is 0 Å². The van der Waals surface area contributed by atoms with E-state index in [4.69, 9.17) is 5.73 Å². The fraction of sp³-hybridized carbons (Fsp3) is 0.250. The summed E-state index contributed by atoms with van der Waals surface area (Å²) in [4.78, 5) is 0. The highest BCUT2D eigenvalue weighted by atomic mass is 16.5. The number of hydrogen-bond donors (Lipinski definition) is 1. The molecule has 0 saturated heterocycles. The first kappa shape index (κ1) is 4.33. The van der Waals surface area contributed by atoms with Gasteiger partial charge in [-0.15, -0.1) is 0 Å². The molecule has 1 aromatic rings. The summed E-state index contributed by atoms with van der Waals surface area (Å²) in [6.45, 7) is 0.455. The van der Waals surface area contributed by atoms with Crippen LogP contribution >= 0.6 is 0 Å². The average Bonchev–Trinajstić information content (AvgIpc) is 2.14. The highest BCUT2D eigenvalue weighted by molar-refractivity contribution is 4.92. The molecule has 2 N–H and O–H groups in total. The minimum Gasteiger partial charge on any atom is -0.364 e. The molecule has 0 fully saturated rings. The lowest BCUT2D eigenvalue weighted by Gasteiger charge is -1.76. The standard InChI is InChI=1S/C4H6N2O/c5-3-4-1-2-7-6-4/h1-2H,3,5H2. The van der Waals surface area contributed by atoms with Crippen molar-refractivity contribution in [2.75, 3.05) is 0 Å². The maximum atomic E-state index is 5.17. The Hall–Kier alpha value is -0.830. The molecule has 0 unspecified atom stereocenters. The number of nitrogens with two attached hydrogens (primary N) is 1. The summed E-state index contributed by atoms with van der Waals surface area (Å²) in [7, 11) is 0. The topological polar surface area (TPSA) is 52.0 Å². The van der Waals surface area contributed by atoms with Gasteiger partial charge in [-0.05, 0) is 0 Å². The third-order valence-electron chi connectivity index (χ3n) is 0.700. The zero-order chi connectivity index (χ0) is 5.11. The molecular formula is C4H6N2O. The summed E-state index contributed by atoms with van der Waals surface area (Å²) in [5, 5.41) is 3.53. The van der Waals surface area contributed by atoms with Crippen LogP contribution in [0.1, 0.15) is 5.69 Å². The van der Waals surface area contributed by atoms with Crippen LogP contribution in [0.25, 0.3) is 0 Å². The zero-order valence-electron chi connectivity index (χ0n) is 3.79. The highest BCUT2D eigenvalue weighted by Gasteiger charge is 1.86. The Morgan fingerprint density at radius 1 is 1.86 bits per heavy atom. The summed E-state index contributed by atoms with van der Waals surface area (Å²) in [5.41, 5.74) is 5.96. The van der Waals surface area contributed by atoms with Crippen molar-refractivity contribution in [3.05, 3.63) is 18.0 Å². The normalized spacial score (nSPS) is 9.29. The largest absolute Gasteiger partial charge is 0.364 e. The van der Waals surface area contributed by atoms with Crippen LogP contribution in [0.15, 0.2) is 16.9 Å². The first-order valence-corrected chi connectivity index (χ1v) is 2.03. The van der Waals surface area contributed by atoms with E-state index in [0.717, 1.165) is 5.69 Å². The molecule has 1 heterocycles. The molecule has 0 aliphatic carbocycles. The lowest BCUT2D eigenvalue weighted by atomic mass is 10.5. The Morgan fingerprint density at radius 2 is 2.71 bits per heavy atom. The van der Waals surface area contributed by atoms with Crippen molar-refractivity contribution in [2.45, 2.75) is 6.54 Å². The smallest absolute Gasteiger partial charge is 0.124 e. The van der Waals surface area contributed by atoms with Crippen LogP contribution in [0.4, 0.5) is 0 Å². The van der Waals surface area contributed by atoms with Gasteiger partial charge in [0.1, 0.15) is 6.26 Å². The van der Waals surface area contributed by atoms with Crippen LogP contribution in [0.2, 0.25) is 0 Å². The predicted octanol–water partition coefficient (Wildman–Crippen LogP) is 0.133. The SMILES string of the molecule is NCc1ccon1. The lowest BCUT2D eigenvalue weighted by molar-refractivity contribution is 0.412. The molecule has 1 aromatic heterocycles. The van der Waals surface area contributed by atoms with E-state index in [0.29, 0.717) is 6.54 Å². The van der Waals surface area contributed by atoms with Crippen molar-refractivity contribution in [3.63, 3.8) is 0 Å². The molecule has 0 spiro atoms. The molecule has 0 aliphatic rings. The van der Waals surface area contributed by atoms with E-state index >= 15 is 0 Å². The number of nitrogens with zero attached hydrogens (tertiary/aromatic N) is 1. The number of rotatable bonds is 1. The minimum atomic E-state index is 0.455. The van der Waals surface area contributed by atoms with Crippen LogP contribution in [-0.4, -0.2) is 5.16 Å². The Kier molecular flexibility index (Phi) is 1.08. The Bertz CT molecular complexity index is 124. The van der Waals surface area contributed by atoms with Gasteiger partial charge in [-0.3, -0.25) is 0 Å². The molecule has 0 saturated carbocycles. The Balaban J connectivity index is 2.76. The van der Waals surface area contributed by atoms with Crippen LogP contribution in [0.3, 0.4) is 0 Å². The van der Waals surface area contributed by atoms with Crippen LogP contribution in [0, 0.1) is 0 Å². The summed E-state index contributed by atoms with van der Waals surface area (Å²) >= 11 is 0. The third-order valence-corrected chi connectivity index (χ3v) is 0.700. The van der Waals surface area contributed by atoms with Crippen molar-refractivity contribution >= 4 is 0 Å². The van der Waals surface area contributed by atoms with Gasteiger partial charge >= 0.3 is 0 Å². The van der Waals surface area contributed by atoms with Gasteiger partial charge in [-0.1, -0.05) is 5.16 Å². The van der Waals surface area contributed by atoms with Gasteiger partial charge in [-0.25, -0.2) is 0 Å². The summed E-state index contributed by atoms with van der Waals surface area (Å²) in [6.07, 6.45) is 1.50. The molecule has 0 bridgehead atoms. The molecule has 1 rings (SSSR count). The van der Waals surface area contributed by atoms with Gasteiger partial charge in [0.05, 0.1) is 5.69 Å². The minimum absolute atomic E-state index is 0.455. The Labute approximate surface area is 41.1 Å². The van der Waals surface area contributed by atoms with Crippen molar-refractivity contribution < 1.29 is 4.52 Å². The zero-order valence-corrected chi connectivity index (χ0v) is 3.79. The van der Waals surface area contributed by atoms with Gasteiger partial charge in [0.2, 0.25) is 0 Å². The van der Waals surface area contributed by atoms with Gasteiger partial charge in [0.25, 0.3) is 0 Å². The molecule has 7 heavy (non-hydrogen) atoms. The maximum absolute atomic E-state index is 5.17. The molecule has 3 nitrogen and oxygen atoms in total. The molecule has 0 radical (unpaired) electrons. The number of aromatic nitrogens is 1. The second kappa shape index (κ2) is 1.75. The first-order valence-electron chi connectivity index (χ1n) is 2.03. The van der Waals surface area contributed by atoms with Gasteiger partial charge in [-0.2, -0.15) is 0 Å². The second-order valence-electron chi connectivity index (χ2n) is 1.19. The first-order chi connectivity index (χ1) is 3.43. The van der Waals surface area contributed by atoms with E-state index in [2.05, 4.69) is 9.68 Å². The molecule has 0 aromatic carbocycles. The van der Waals surface area contributed by atoms with Crippen LogP contribution in [-0.2, 0) is 6.54 Å². The summed E-state index contributed by atoms with van der Waals surface area (Å²) < 4.78 is 4.48. The van der Waals surface area contributed by atoms with Crippen LogP contribution < -0.4 is 5.73 Å². The van der Waals surface area contributed by atoms with Crippen molar-refractivity contribution in [3.8, 4) is 0 Å². The van der Waals surface area contributed by atoms with Gasteiger partial charge in [0.15, 0.2) is 0 Å². The van der Waals surface area contributed by atoms with E-state index in [-0.39, 0.29) is 0 Å². The van der Waals surface area contributed by atoms with Crippen molar-refractivity contribution in [1.82, 2.24) is 5.16 Å². The molecule has 38 valence electrons. The second-order valence-corrected chi connectivity index (χ2v) is 1.19. The van der Waals surface area contributed by atoms with Crippen molar-refractivity contribution in [1.29, 1.82) is 0 Å². The maximum Gasteiger partial charge on any atom is 0.124 e. The molecule has 0 atom stereocenters. The number of hydrogen-bond acceptors (Lipinski definition) is 3. The average molecular weight is 98.1 g/mol. The molecule has 3 heteroatoms. The fourth-order valence-corrected chi connectivity index (χ4v) is 0.343. The van der Waals surface area contributed by atoms with E-state index in [1.54, 1.807) is 6.07 Å². The Morgan fingerprint density at radius 3 is 3.00 bits per heavy atom. The summed E-state index contributed by atoms with van der Waals surface area (Å²) in [5.74, 6) is 0. The monoisotopic (exact) mass is 98.0 g/mol. The van der Waals surface area contributed by atoms with Crippen molar-refractivity contribution in [2.24, 2.45) is 5.73 Å². The van der Waals surface area contributed by atoms with Gasteiger partial charge in [0, 0.05) is 12.6 Å². The molecule has 0 aliphatic heterocycles. The molecule has 0 amide bonds. The molecular weight excluding hydrogens is 92.1 g/mol. The van der Waals surface area contributed by atoms with E-state index < -0.39 is 0 Å². The van der Waals surface area contributed by atoms with Gasteiger partial charge < -0.3 is 10.3 Å². The highest BCUT2D eigenvalue weighted by Crippen LogP contribution is 1.88. The summed E-state index contributed by atoms with van der Waals surface area (Å²) in [6, 6.07) is 1.74.